The highest BCUT2D eigenvalue weighted by Gasteiger charge is 2.64. The Labute approximate surface area is 170 Å². The van der Waals surface area contributed by atoms with Crippen molar-refractivity contribution >= 4 is 39.2 Å². The molecule has 0 radical (unpaired) electrons. The second kappa shape index (κ2) is 6.50. The molecule has 5 rings (SSSR count). The predicted molar refractivity (Wildman–Crippen MR) is 107 cm³/mol. The number of ketones is 1. The SMILES string of the molecule is O=C1C=CC2C3C(=O)N(c4ccccc4)C(=O)C3C1N2Cc1ccccc1Br. The van der Waals surface area contributed by atoms with Crippen molar-refractivity contribution in [3.63, 3.8) is 0 Å². The summed E-state index contributed by atoms with van der Waals surface area (Å²) in [6, 6.07) is 15.9. The number of amides is 2. The zero-order chi connectivity index (χ0) is 19.4. The van der Waals surface area contributed by atoms with E-state index in [1.165, 1.54) is 11.0 Å². The fourth-order valence-electron chi connectivity index (χ4n) is 4.72. The first-order valence-electron chi connectivity index (χ1n) is 9.22. The largest absolute Gasteiger partial charge is 0.293 e. The molecule has 0 saturated carbocycles. The molecule has 3 heterocycles. The lowest BCUT2D eigenvalue weighted by molar-refractivity contribution is -0.129. The second-order valence-corrected chi connectivity index (χ2v) is 8.21. The number of hydrogen-bond acceptors (Lipinski definition) is 4. The Morgan fingerprint density at radius 1 is 0.857 bits per heavy atom. The first-order valence-corrected chi connectivity index (χ1v) is 10.0. The number of benzene rings is 2. The van der Waals surface area contributed by atoms with Crippen molar-refractivity contribution in [1.29, 1.82) is 0 Å². The number of halogens is 1. The predicted octanol–water partition coefficient (Wildman–Crippen LogP) is 2.95. The number of fused-ring (bicyclic) bond motifs is 5. The summed E-state index contributed by atoms with van der Waals surface area (Å²) in [5.41, 5.74) is 1.60. The van der Waals surface area contributed by atoms with Crippen LogP contribution in [0.4, 0.5) is 5.69 Å². The van der Waals surface area contributed by atoms with E-state index in [4.69, 9.17) is 0 Å². The monoisotopic (exact) mass is 436 g/mol. The third-order valence-corrected chi connectivity index (χ3v) is 6.69. The molecule has 0 spiro atoms. The average molecular weight is 437 g/mol. The van der Waals surface area contributed by atoms with Gasteiger partial charge >= 0.3 is 0 Å². The summed E-state index contributed by atoms with van der Waals surface area (Å²) in [6.07, 6.45) is 3.33. The van der Waals surface area contributed by atoms with E-state index in [-0.39, 0.29) is 23.6 Å². The third-order valence-electron chi connectivity index (χ3n) is 5.92. The van der Waals surface area contributed by atoms with Crippen molar-refractivity contribution in [3.05, 3.63) is 76.8 Å². The van der Waals surface area contributed by atoms with Crippen LogP contribution in [0, 0.1) is 11.8 Å². The van der Waals surface area contributed by atoms with E-state index in [0.29, 0.717) is 12.2 Å². The van der Waals surface area contributed by atoms with Gasteiger partial charge in [0.05, 0.1) is 23.6 Å². The lowest BCUT2D eigenvalue weighted by Crippen LogP contribution is -2.48. The molecule has 0 N–H and O–H groups in total. The van der Waals surface area contributed by atoms with Crippen molar-refractivity contribution in [1.82, 2.24) is 4.90 Å². The molecule has 0 aliphatic carbocycles. The molecule has 4 atom stereocenters. The minimum Gasteiger partial charge on any atom is -0.293 e. The normalized spacial score (nSPS) is 28.9. The Morgan fingerprint density at radius 3 is 2.29 bits per heavy atom. The number of nitrogens with zero attached hydrogens (tertiary/aromatic N) is 2. The van der Waals surface area contributed by atoms with Crippen molar-refractivity contribution < 1.29 is 14.4 Å². The van der Waals surface area contributed by atoms with Gasteiger partial charge in [-0.15, -0.1) is 0 Å². The minimum absolute atomic E-state index is 0.105. The van der Waals surface area contributed by atoms with E-state index >= 15 is 0 Å². The van der Waals surface area contributed by atoms with Crippen LogP contribution in [0.5, 0.6) is 0 Å². The van der Waals surface area contributed by atoms with Crippen LogP contribution < -0.4 is 4.90 Å². The van der Waals surface area contributed by atoms with Gasteiger partial charge in [-0.3, -0.25) is 19.3 Å². The molecule has 140 valence electrons. The number of hydrogen-bond donors (Lipinski definition) is 0. The van der Waals surface area contributed by atoms with Gasteiger partial charge < -0.3 is 0 Å². The molecule has 2 amide bonds. The highest BCUT2D eigenvalue weighted by Crippen LogP contribution is 2.47. The molecular weight excluding hydrogens is 420 g/mol. The van der Waals surface area contributed by atoms with Crippen molar-refractivity contribution in [2.45, 2.75) is 18.6 Å². The summed E-state index contributed by atoms with van der Waals surface area (Å²) >= 11 is 3.55. The summed E-state index contributed by atoms with van der Waals surface area (Å²) in [7, 11) is 0. The van der Waals surface area contributed by atoms with Crippen LogP contribution in [0.3, 0.4) is 0 Å². The molecule has 6 heteroatoms. The van der Waals surface area contributed by atoms with Gasteiger partial charge in [0.1, 0.15) is 0 Å². The summed E-state index contributed by atoms with van der Waals surface area (Å²) in [5.74, 6) is -1.76. The standard InChI is InChI=1S/C22H17BrN2O3/c23-15-9-5-4-6-13(15)12-24-16-10-11-17(26)20(24)19-18(16)21(27)25(22(19)28)14-7-2-1-3-8-14/h1-11,16,18-20H,12H2. The molecule has 2 aromatic carbocycles. The molecule has 2 bridgehead atoms. The van der Waals surface area contributed by atoms with E-state index in [0.717, 1.165) is 10.0 Å². The number of carbonyl (C=O) groups is 3. The molecular formula is C22H17BrN2O3. The molecule has 2 aromatic rings. The van der Waals surface area contributed by atoms with E-state index < -0.39 is 17.9 Å². The topological polar surface area (TPSA) is 57.7 Å². The van der Waals surface area contributed by atoms with Gasteiger partial charge in [0.2, 0.25) is 11.8 Å². The molecule has 3 aliphatic rings. The quantitative estimate of drug-likeness (QED) is 0.694. The average Bonchev–Trinajstić information content (AvgIpc) is 3.08. The van der Waals surface area contributed by atoms with Gasteiger partial charge in [-0.1, -0.05) is 58.4 Å². The van der Waals surface area contributed by atoms with Crippen LogP contribution in [-0.4, -0.2) is 34.6 Å². The number of imide groups is 1. The van der Waals surface area contributed by atoms with E-state index in [1.807, 2.05) is 35.2 Å². The smallest absolute Gasteiger partial charge is 0.239 e. The van der Waals surface area contributed by atoms with Crippen LogP contribution in [-0.2, 0) is 20.9 Å². The van der Waals surface area contributed by atoms with Crippen molar-refractivity contribution in [2.75, 3.05) is 4.90 Å². The molecule has 4 unspecified atom stereocenters. The lowest BCUT2D eigenvalue weighted by atomic mass is 9.90. The van der Waals surface area contributed by atoms with Gasteiger partial charge in [0, 0.05) is 17.1 Å². The Hall–Kier alpha value is -2.57. The van der Waals surface area contributed by atoms with Gasteiger partial charge in [-0.05, 0) is 29.8 Å². The Bertz CT molecular complexity index is 1020. The maximum atomic E-state index is 13.2. The van der Waals surface area contributed by atoms with E-state index in [2.05, 4.69) is 15.9 Å². The molecule has 2 fully saturated rings. The number of carbonyl (C=O) groups excluding carboxylic acids is 3. The fraction of sp³-hybridized carbons (Fsp3) is 0.227. The van der Waals surface area contributed by atoms with Crippen LogP contribution >= 0.6 is 15.9 Å². The maximum absolute atomic E-state index is 13.2. The highest BCUT2D eigenvalue weighted by atomic mass is 79.9. The number of anilines is 1. The molecule has 28 heavy (non-hydrogen) atoms. The Kier molecular flexibility index (Phi) is 4.07. The van der Waals surface area contributed by atoms with Crippen LogP contribution in [0.15, 0.2) is 71.2 Å². The van der Waals surface area contributed by atoms with Gasteiger partial charge in [0.25, 0.3) is 0 Å². The molecule has 3 aliphatic heterocycles. The van der Waals surface area contributed by atoms with Crippen molar-refractivity contribution in [3.8, 4) is 0 Å². The van der Waals surface area contributed by atoms with Gasteiger partial charge in [-0.25, -0.2) is 4.90 Å². The number of para-hydroxylation sites is 1. The van der Waals surface area contributed by atoms with E-state index in [9.17, 15) is 14.4 Å². The van der Waals surface area contributed by atoms with Crippen LogP contribution in [0.1, 0.15) is 5.56 Å². The van der Waals surface area contributed by atoms with Gasteiger partial charge in [0.15, 0.2) is 5.78 Å². The maximum Gasteiger partial charge on any atom is 0.239 e. The zero-order valence-corrected chi connectivity index (χ0v) is 16.5. The zero-order valence-electron chi connectivity index (χ0n) is 14.9. The lowest BCUT2D eigenvalue weighted by Gasteiger charge is -2.33. The third kappa shape index (κ3) is 2.45. The molecule has 2 saturated heterocycles. The van der Waals surface area contributed by atoms with Crippen LogP contribution in [0.2, 0.25) is 0 Å². The first-order chi connectivity index (χ1) is 13.6. The Morgan fingerprint density at radius 2 is 1.54 bits per heavy atom. The minimum atomic E-state index is -0.636. The summed E-state index contributed by atoms with van der Waals surface area (Å²) < 4.78 is 0.949. The van der Waals surface area contributed by atoms with Gasteiger partial charge in [-0.2, -0.15) is 0 Å². The number of rotatable bonds is 3. The Balaban J connectivity index is 1.53. The highest BCUT2D eigenvalue weighted by molar-refractivity contribution is 9.10. The second-order valence-electron chi connectivity index (χ2n) is 7.36. The van der Waals surface area contributed by atoms with Crippen LogP contribution in [0.25, 0.3) is 0 Å². The fourth-order valence-corrected chi connectivity index (χ4v) is 5.13. The summed E-state index contributed by atoms with van der Waals surface area (Å²) in [5, 5.41) is 0. The van der Waals surface area contributed by atoms with Crippen molar-refractivity contribution in [2.24, 2.45) is 11.8 Å². The molecule has 0 aromatic heterocycles. The first kappa shape index (κ1) is 17.5. The summed E-state index contributed by atoms with van der Waals surface area (Å²) in [6.45, 7) is 0.506. The summed E-state index contributed by atoms with van der Waals surface area (Å²) in [4.78, 5) is 42.5. The molecule has 5 nitrogen and oxygen atoms in total. The van der Waals surface area contributed by atoms with E-state index in [1.54, 1.807) is 30.3 Å².